The third-order valence-corrected chi connectivity index (χ3v) is 8.31. The summed E-state index contributed by atoms with van der Waals surface area (Å²) in [4.78, 5) is 13.0. The minimum Gasteiger partial charge on any atom is -0.508 e. The number of phenolic OH excluding ortho intramolecular Hbond substituents is 2. The van der Waals surface area contributed by atoms with Crippen molar-refractivity contribution in [3.05, 3.63) is 59.2 Å². The van der Waals surface area contributed by atoms with Gasteiger partial charge in [-0.05, 0) is 98.4 Å². The maximum absolute atomic E-state index is 13.0. The maximum Gasteiger partial charge on any atom is 0.224 e. The summed E-state index contributed by atoms with van der Waals surface area (Å²) in [7, 11) is 0. The largest absolute Gasteiger partial charge is 0.508 e. The molecule has 0 aromatic heterocycles. The highest BCUT2D eigenvalue weighted by Gasteiger charge is 2.51. The Balaban J connectivity index is 1.12. The van der Waals surface area contributed by atoms with Gasteiger partial charge >= 0.3 is 0 Å². The van der Waals surface area contributed by atoms with Gasteiger partial charge in [0.25, 0.3) is 0 Å². The molecule has 4 aliphatic rings. The third kappa shape index (κ3) is 5.81. The number of rotatable bonds is 9. The van der Waals surface area contributed by atoms with E-state index in [-0.39, 0.29) is 29.0 Å². The molecule has 5 N–H and O–H groups in total. The standard InChI is InChI=1S/C29H38N2O4/c1-18(30-17-27(34)24-11-25(32)13-26(33)12-24)5-19-3-2-4-20(6-19)10-28(35)31-29-14-21-7-22(15-29)9-23(8-21)16-29/h2-4,6,11-13,18,21-23,27,30,32-34H,5,7-10,14-17H2,1H3,(H,31,35)/t18-,21?,22?,23?,27+,29?/m1/s1. The fourth-order valence-corrected chi connectivity index (χ4v) is 7.32. The van der Waals surface area contributed by atoms with Crippen LogP contribution >= 0.6 is 0 Å². The van der Waals surface area contributed by atoms with Crippen LogP contribution in [-0.4, -0.2) is 39.4 Å². The summed E-state index contributed by atoms with van der Waals surface area (Å²) in [5.74, 6) is 2.45. The van der Waals surface area contributed by atoms with Gasteiger partial charge in [-0.15, -0.1) is 0 Å². The first-order chi connectivity index (χ1) is 16.7. The van der Waals surface area contributed by atoms with Gasteiger partial charge in [0.15, 0.2) is 0 Å². The van der Waals surface area contributed by atoms with Crippen molar-refractivity contribution in [1.82, 2.24) is 10.6 Å². The fraction of sp³-hybridized carbons (Fsp3) is 0.552. The van der Waals surface area contributed by atoms with E-state index in [2.05, 4.69) is 29.7 Å². The van der Waals surface area contributed by atoms with E-state index in [1.54, 1.807) is 0 Å². The smallest absolute Gasteiger partial charge is 0.224 e. The summed E-state index contributed by atoms with van der Waals surface area (Å²) in [5.41, 5.74) is 2.70. The van der Waals surface area contributed by atoms with E-state index in [0.29, 0.717) is 18.5 Å². The molecule has 0 saturated heterocycles. The van der Waals surface area contributed by atoms with Gasteiger partial charge in [0, 0.05) is 24.2 Å². The SMILES string of the molecule is C[C@H](Cc1cccc(CC(=O)NC23CC4CC(CC(C4)C2)C3)c1)NC[C@H](O)c1cc(O)cc(O)c1. The van der Waals surface area contributed by atoms with Gasteiger partial charge in [0.05, 0.1) is 12.5 Å². The Labute approximate surface area is 207 Å². The topological polar surface area (TPSA) is 102 Å². The number of hydrogen-bond donors (Lipinski definition) is 5. The Hall–Kier alpha value is -2.57. The Kier molecular flexibility index (Phi) is 6.78. The molecule has 0 heterocycles. The molecule has 4 aliphatic carbocycles. The summed E-state index contributed by atoms with van der Waals surface area (Å²) in [6.07, 6.45) is 7.96. The van der Waals surface area contributed by atoms with Crippen molar-refractivity contribution >= 4 is 5.91 Å². The normalized spacial score (nSPS) is 28.6. The number of hydrogen-bond acceptors (Lipinski definition) is 5. The second kappa shape index (κ2) is 9.82. The van der Waals surface area contributed by atoms with E-state index in [9.17, 15) is 20.1 Å². The minimum atomic E-state index is -0.838. The average molecular weight is 479 g/mol. The molecule has 6 rings (SSSR count). The number of benzene rings is 2. The fourth-order valence-electron chi connectivity index (χ4n) is 7.32. The van der Waals surface area contributed by atoms with Crippen LogP contribution < -0.4 is 10.6 Å². The van der Waals surface area contributed by atoms with Crippen molar-refractivity contribution in [1.29, 1.82) is 0 Å². The number of carbonyl (C=O) groups is 1. The Morgan fingerprint density at radius 3 is 2.20 bits per heavy atom. The molecule has 6 nitrogen and oxygen atoms in total. The molecule has 0 radical (unpaired) electrons. The van der Waals surface area contributed by atoms with Crippen LogP contribution in [0.5, 0.6) is 11.5 Å². The zero-order valence-electron chi connectivity index (χ0n) is 20.5. The number of phenols is 2. The number of aromatic hydroxyl groups is 2. The molecule has 2 atom stereocenters. The molecule has 2 aromatic rings. The monoisotopic (exact) mass is 478 g/mol. The van der Waals surface area contributed by atoms with Gasteiger partial charge in [-0.1, -0.05) is 24.3 Å². The van der Waals surface area contributed by atoms with Crippen LogP contribution in [0.2, 0.25) is 0 Å². The number of aliphatic hydroxyl groups is 1. The molecule has 6 heteroatoms. The van der Waals surface area contributed by atoms with E-state index in [4.69, 9.17) is 0 Å². The molecule has 4 saturated carbocycles. The van der Waals surface area contributed by atoms with Crippen molar-refractivity contribution < 1.29 is 20.1 Å². The third-order valence-electron chi connectivity index (χ3n) is 8.31. The van der Waals surface area contributed by atoms with Gasteiger partial charge in [-0.3, -0.25) is 4.79 Å². The molecule has 2 aromatic carbocycles. The van der Waals surface area contributed by atoms with Crippen LogP contribution in [0.3, 0.4) is 0 Å². The summed E-state index contributed by atoms with van der Waals surface area (Å²) >= 11 is 0. The quantitative estimate of drug-likeness (QED) is 0.375. The van der Waals surface area contributed by atoms with Gasteiger partial charge in [0.2, 0.25) is 5.91 Å². The summed E-state index contributed by atoms with van der Waals surface area (Å²) in [6.45, 7) is 2.36. The molecule has 4 fully saturated rings. The molecule has 1 amide bonds. The number of aliphatic hydroxyl groups excluding tert-OH is 1. The molecule has 188 valence electrons. The lowest BCUT2D eigenvalue weighted by Gasteiger charge is -2.56. The van der Waals surface area contributed by atoms with Crippen molar-refractivity contribution in [3.8, 4) is 11.5 Å². The number of amides is 1. The van der Waals surface area contributed by atoms with E-state index < -0.39 is 6.10 Å². The molecule has 35 heavy (non-hydrogen) atoms. The molecule has 4 bridgehead atoms. The lowest BCUT2D eigenvalue weighted by atomic mass is 9.53. The highest BCUT2D eigenvalue weighted by molar-refractivity contribution is 5.79. The van der Waals surface area contributed by atoms with Crippen LogP contribution in [0.1, 0.15) is 68.2 Å². The van der Waals surface area contributed by atoms with E-state index in [0.717, 1.165) is 35.3 Å². The van der Waals surface area contributed by atoms with Gasteiger partial charge in [0.1, 0.15) is 11.5 Å². The zero-order valence-corrected chi connectivity index (χ0v) is 20.5. The highest BCUT2D eigenvalue weighted by Crippen LogP contribution is 2.55. The average Bonchev–Trinajstić information content (AvgIpc) is 2.75. The Bertz CT molecular complexity index is 1010. The first-order valence-corrected chi connectivity index (χ1v) is 13.1. The number of nitrogens with one attached hydrogen (secondary N) is 2. The van der Waals surface area contributed by atoms with Gasteiger partial charge in [-0.25, -0.2) is 0 Å². The van der Waals surface area contributed by atoms with Crippen LogP contribution in [-0.2, 0) is 17.6 Å². The lowest BCUT2D eigenvalue weighted by Crippen LogP contribution is -2.60. The summed E-state index contributed by atoms with van der Waals surface area (Å²) in [5, 5.41) is 36.5. The molecule has 0 unspecified atom stereocenters. The van der Waals surface area contributed by atoms with E-state index in [1.807, 2.05) is 12.1 Å². The van der Waals surface area contributed by atoms with Gasteiger partial charge in [-0.2, -0.15) is 0 Å². The highest BCUT2D eigenvalue weighted by atomic mass is 16.3. The maximum atomic E-state index is 13.0. The summed E-state index contributed by atoms with van der Waals surface area (Å²) in [6, 6.07) is 12.5. The first-order valence-electron chi connectivity index (χ1n) is 13.1. The minimum absolute atomic E-state index is 0.0506. The van der Waals surface area contributed by atoms with Crippen LogP contribution in [0, 0.1) is 17.8 Å². The second-order valence-corrected chi connectivity index (χ2v) is 11.6. The van der Waals surface area contributed by atoms with E-state index >= 15 is 0 Å². The molecule has 0 spiro atoms. The van der Waals surface area contributed by atoms with Crippen LogP contribution in [0.4, 0.5) is 0 Å². The van der Waals surface area contributed by atoms with Crippen LogP contribution in [0.25, 0.3) is 0 Å². The molecular formula is C29H38N2O4. The predicted octanol–water partition coefficient (Wildman–Crippen LogP) is 3.98. The van der Waals surface area contributed by atoms with E-state index in [1.165, 1.54) is 56.7 Å². The zero-order chi connectivity index (χ0) is 24.6. The second-order valence-electron chi connectivity index (χ2n) is 11.6. The van der Waals surface area contributed by atoms with Crippen molar-refractivity contribution in [3.63, 3.8) is 0 Å². The Morgan fingerprint density at radius 1 is 0.971 bits per heavy atom. The predicted molar refractivity (Wildman–Crippen MR) is 135 cm³/mol. The first kappa shape index (κ1) is 24.1. The van der Waals surface area contributed by atoms with Crippen LogP contribution in [0.15, 0.2) is 42.5 Å². The Morgan fingerprint density at radius 2 is 1.57 bits per heavy atom. The number of carbonyl (C=O) groups excluding carboxylic acids is 1. The molecule has 0 aliphatic heterocycles. The molecular weight excluding hydrogens is 440 g/mol. The van der Waals surface area contributed by atoms with Crippen molar-refractivity contribution in [2.45, 2.75) is 76.0 Å². The van der Waals surface area contributed by atoms with Crippen molar-refractivity contribution in [2.24, 2.45) is 17.8 Å². The summed E-state index contributed by atoms with van der Waals surface area (Å²) < 4.78 is 0. The van der Waals surface area contributed by atoms with Gasteiger partial charge < -0.3 is 26.0 Å². The van der Waals surface area contributed by atoms with Crippen molar-refractivity contribution in [2.75, 3.05) is 6.54 Å². The lowest BCUT2D eigenvalue weighted by molar-refractivity contribution is -0.126.